The number of carbonyl (C=O) groups excluding carboxylic acids is 1. The number of halogens is 2. The van der Waals surface area contributed by atoms with Gasteiger partial charge in [0, 0.05) is 38.5 Å². The van der Waals surface area contributed by atoms with Crippen LogP contribution in [-0.4, -0.2) is 60.3 Å². The molecule has 1 aromatic heterocycles. The third-order valence-electron chi connectivity index (χ3n) is 6.13. The maximum absolute atomic E-state index is 13.2. The van der Waals surface area contributed by atoms with E-state index in [4.69, 9.17) is 26.4 Å². The van der Waals surface area contributed by atoms with Gasteiger partial charge in [-0.2, -0.15) is 0 Å². The number of likely N-dealkylation sites (tertiary alicyclic amines) is 1. The van der Waals surface area contributed by atoms with Gasteiger partial charge in [0.25, 0.3) is 0 Å². The molecule has 6 N–H and O–H groups in total. The van der Waals surface area contributed by atoms with Gasteiger partial charge >= 0.3 is 6.03 Å². The molecule has 1 atom stereocenters. The topological polar surface area (TPSA) is 145 Å². The van der Waals surface area contributed by atoms with Crippen LogP contribution in [0.4, 0.5) is 19.4 Å². The average Bonchev–Trinajstić information content (AvgIpc) is 3.53. The van der Waals surface area contributed by atoms with Crippen molar-refractivity contribution in [2.24, 2.45) is 11.5 Å². The maximum Gasteiger partial charge on any atom is 0.317 e. The zero-order valence-electron chi connectivity index (χ0n) is 21.9. The van der Waals surface area contributed by atoms with E-state index in [-0.39, 0.29) is 5.92 Å². The van der Waals surface area contributed by atoms with Crippen LogP contribution < -0.4 is 21.5 Å². The van der Waals surface area contributed by atoms with E-state index in [1.54, 1.807) is 24.8 Å². The summed E-state index contributed by atoms with van der Waals surface area (Å²) in [6, 6.07) is 12.8. The molecule has 10 nitrogen and oxygen atoms in total. The molecule has 0 saturated carbocycles. The largest absolute Gasteiger partial charge is 0.474 e. The number of allylic oxidation sites excluding steroid dienone is 1. The van der Waals surface area contributed by atoms with Crippen LogP contribution >= 0.6 is 0 Å². The number of hydrogen-bond acceptors (Lipinski definition) is 7. The number of anilines is 1. The minimum Gasteiger partial charge on any atom is -0.474 e. The molecule has 208 valence electrons. The number of hydrogen-bond donors (Lipinski definition) is 4. The van der Waals surface area contributed by atoms with Crippen LogP contribution in [0.3, 0.4) is 0 Å². The second-order valence-corrected chi connectivity index (χ2v) is 8.70. The van der Waals surface area contributed by atoms with Gasteiger partial charge in [0.15, 0.2) is 11.6 Å². The van der Waals surface area contributed by atoms with Gasteiger partial charge < -0.3 is 31.3 Å². The Labute approximate surface area is 225 Å². The Morgan fingerprint density at radius 2 is 1.95 bits per heavy atom. The van der Waals surface area contributed by atoms with Crippen molar-refractivity contribution >= 4 is 18.1 Å². The van der Waals surface area contributed by atoms with Crippen molar-refractivity contribution in [2.75, 3.05) is 38.7 Å². The smallest absolute Gasteiger partial charge is 0.317 e. The van der Waals surface area contributed by atoms with Crippen molar-refractivity contribution in [1.29, 1.82) is 5.41 Å². The Morgan fingerprint density at radius 1 is 1.21 bits per heavy atom. The predicted molar refractivity (Wildman–Crippen MR) is 145 cm³/mol. The summed E-state index contributed by atoms with van der Waals surface area (Å²) < 4.78 is 38.1. The molecule has 2 aromatic carbocycles. The number of benzene rings is 2. The van der Waals surface area contributed by atoms with Gasteiger partial charge in [0.05, 0.1) is 23.6 Å². The number of aromatic nitrogens is 2. The fourth-order valence-corrected chi connectivity index (χ4v) is 4.13. The summed E-state index contributed by atoms with van der Waals surface area (Å²) in [7, 11) is 1.60. The van der Waals surface area contributed by atoms with Crippen LogP contribution in [-0.2, 0) is 4.74 Å². The minimum absolute atomic E-state index is 0.148. The Morgan fingerprint density at radius 3 is 2.56 bits per heavy atom. The van der Waals surface area contributed by atoms with Crippen molar-refractivity contribution in [3.8, 4) is 11.6 Å². The first kappa shape index (κ1) is 29.1. The van der Waals surface area contributed by atoms with E-state index in [1.807, 2.05) is 35.2 Å². The average molecular weight is 542 g/mol. The van der Waals surface area contributed by atoms with Crippen LogP contribution in [0, 0.1) is 24.0 Å². The number of carbonyl (C=O) groups is 1. The van der Waals surface area contributed by atoms with Crippen molar-refractivity contribution in [2.45, 2.75) is 19.3 Å². The molecule has 1 aliphatic heterocycles. The Kier molecular flexibility index (Phi) is 10.4. The van der Waals surface area contributed by atoms with Gasteiger partial charge in [-0.25, -0.2) is 18.3 Å². The van der Waals surface area contributed by atoms with E-state index in [2.05, 4.69) is 10.4 Å². The van der Waals surface area contributed by atoms with E-state index >= 15 is 0 Å². The number of primary amides is 1. The summed E-state index contributed by atoms with van der Waals surface area (Å²) >= 11 is 0. The molecular weight excluding hydrogens is 508 g/mol. The SMILES string of the molecule is COCCOc1nn(-c2ccccc2)c(NC(N)=O)c1C.N=C/C(=C\N)N1CCC(c2ccc(F)c(F)c2)C1. The van der Waals surface area contributed by atoms with Crippen LogP contribution in [0.25, 0.3) is 5.69 Å². The summed E-state index contributed by atoms with van der Waals surface area (Å²) in [6.07, 6.45) is 3.44. The second kappa shape index (κ2) is 13.9. The molecule has 12 heteroatoms. The van der Waals surface area contributed by atoms with Gasteiger partial charge in [-0.1, -0.05) is 24.3 Å². The van der Waals surface area contributed by atoms with Gasteiger partial charge in [-0.3, -0.25) is 5.32 Å². The molecule has 0 radical (unpaired) electrons. The molecule has 4 rings (SSSR count). The maximum atomic E-state index is 13.2. The Hall–Kier alpha value is -4.45. The Balaban J connectivity index is 0.000000218. The van der Waals surface area contributed by atoms with E-state index in [0.29, 0.717) is 42.7 Å². The minimum atomic E-state index is -0.823. The number of amides is 2. The van der Waals surface area contributed by atoms with E-state index in [0.717, 1.165) is 30.3 Å². The molecule has 1 aliphatic rings. The van der Waals surface area contributed by atoms with Crippen LogP contribution in [0.1, 0.15) is 23.5 Å². The lowest BCUT2D eigenvalue weighted by Crippen LogP contribution is -2.21. The van der Waals surface area contributed by atoms with E-state index in [1.165, 1.54) is 18.5 Å². The monoisotopic (exact) mass is 541 g/mol. The molecule has 1 saturated heterocycles. The van der Waals surface area contributed by atoms with Crippen molar-refractivity contribution < 1.29 is 23.0 Å². The van der Waals surface area contributed by atoms with Gasteiger partial charge in [-0.15, -0.1) is 5.10 Å². The number of urea groups is 1. The summed E-state index contributed by atoms with van der Waals surface area (Å²) in [4.78, 5) is 13.2. The number of ether oxygens (including phenoxy) is 2. The van der Waals surface area contributed by atoms with E-state index in [9.17, 15) is 13.6 Å². The first-order valence-corrected chi connectivity index (χ1v) is 12.2. The normalized spacial score (nSPS) is 14.9. The highest BCUT2D eigenvalue weighted by atomic mass is 19.2. The van der Waals surface area contributed by atoms with Gasteiger partial charge in [-0.05, 0) is 43.2 Å². The number of methoxy groups -OCH3 is 1. The number of nitrogens with zero attached hydrogens (tertiary/aromatic N) is 3. The summed E-state index contributed by atoms with van der Waals surface area (Å²) in [5.74, 6) is -0.570. The van der Waals surface area contributed by atoms with Crippen LogP contribution in [0.2, 0.25) is 0 Å². The molecule has 0 aliphatic carbocycles. The van der Waals surface area contributed by atoms with Crippen molar-refractivity contribution in [3.63, 3.8) is 0 Å². The summed E-state index contributed by atoms with van der Waals surface area (Å²) in [5, 5.41) is 14.2. The molecule has 0 bridgehead atoms. The highest BCUT2D eigenvalue weighted by Crippen LogP contribution is 2.30. The van der Waals surface area contributed by atoms with Crippen LogP contribution in [0.5, 0.6) is 5.88 Å². The zero-order chi connectivity index (χ0) is 28.4. The number of nitrogens with two attached hydrogens (primary N) is 2. The molecular formula is C27H33F2N7O3. The lowest BCUT2D eigenvalue weighted by molar-refractivity contribution is 0.143. The van der Waals surface area contributed by atoms with Crippen LogP contribution in [0.15, 0.2) is 60.4 Å². The Bertz CT molecular complexity index is 1300. The molecule has 39 heavy (non-hydrogen) atoms. The first-order chi connectivity index (χ1) is 18.8. The summed E-state index contributed by atoms with van der Waals surface area (Å²) in [5.41, 5.74) is 13.6. The first-order valence-electron chi connectivity index (χ1n) is 12.2. The highest BCUT2D eigenvalue weighted by Gasteiger charge is 2.25. The lowest BCUT2D eigenvalue weighted by atomic mass is 9.98. The fraction of sp³-hybridized carbons (Fsp3) is 0.296. The second-order valence-electron chi connectivity index (χ2n) is 8.70. The predicted octanol–water partition coefficient (Wildman–Crippen LogP) is 3.90. The standard InChI is InChI=1S/C14H18N4O3.C13H15F2N3/c1-10-12(16-14(15)19)18(11-6-4-3-5-7-11)17-13(10)21-9-8-20-2;14-12-2-1-9(5-13(12)15)10-3-4-18(8-10)11(6-16)7-17/h3-7H,8-9H2,1-2H3,(H3,15,16,19);1-2,5-7,10,16H,3-4,8,17H2/b;11-7+,16-6?. The molecule has 1 unspecified atom stereocenters. The zero-order valence-corrected chi connectivity index (χ0v) is 21.9. The highest BCUT2D eigenvalue weighted by molar-refractivity contribution is 5.88. The van der Waals surface area contributed by atoms with Crippen molar-refractivity contribution in [3.05, 3.63) is 83.2 Å². The molecule has 2 amide bonds. The van der Waals surface area contributed by atoms with Gasteiger partial charge in [0.2, 0.25) is 5.88 Å². The number of rotatable bonds is 9. The number of nitrogens with one attached hydrogen (secondary N) is 2. The molecule has 2 heterocycles. The third kappa shape index (κ3) is 7.54. The molecule has 3 aromatic rings. The third-order valence-corrected chi connectivity index (χ3v) is 6.13. The lowest BCUT2D eigenvalue weighted by Gasteiger charge is -2.18. The van der Waals surface area contributed by atoms with E-state index < -0.39 is 17.7 Å². The summed E-state index contributed by atoms with van der Waals surface area (Å²) in [6.45, 7) is 4.07. The van der Waals surface area contributed by atoms with Crippen molar-refractivity contribution in [1.82, 2.24) is 14.7 Å². The number of para-hydroxylation sites is 1. The van der Waals surface area contributed by atoms with Gasteiger partial charge in [0.1, 0.15) is 12.4 Å². The molecule has 1 fully saturated rings. The molecule has 0 spiro atoms. The fourth-order valence-electron chi connectivity index (χ4n) is 4.13. The quantitative estimate of drug-likeness (QED) is 0.239.